The quantitative estimate of drug-likeness (QED) is 0.253. The number of aliphatic hydroxyl groups excluding tert-OH is 1. The van der Waals surface area contributed by atoms with Crippen molar-refractivity contribution in [3.63, 3.8) is 0 Å². The van der Waals surface area contributed by atoms with Gasteiger partial charge in [-0.15, -0.1) is 0 Å². The molecule has 0 radical (unpaired) electrons. The van der Waals surface area contributed by atoms with Gasteiger partial charge in [0.25, 0.3) is 5.91 Å². The lowest BCUT2D eigenvalue weighted by atomic mass is 9.83. The molecule has 37 heavy (non-hydrogen) atoms. The standard InChI is InChI=1S/C25H34F3N3O6/c1-13(2)17(29)21(34)31-12-6-11-24(31,19(32)15-7-9-16(10-8-15)22(35)37-5)23(36)30-18(14(3)4)20(33)25(26,27)28/h7-10,13-14,17-18,20,33H,6,11-12,29H2,1-5H3,(H,30,36)/t17-,18?,20?,24+/m0/s1. The molecule has 0 aromatic heterocycles. The van der Waals surface area contributed by atoms with Crippen molar-refractivity contribution < 1.29 is 42.2 Å². The molecule has 12 heteroatoms. The van der Waals surface area contributed by atoms with Gasteiger partial charge in [0.1, 0.15) is 0 Å². The summed E-state index contributed by atoms with van der Waals surface area (Å²) in [7, 11) is 1.18. The second-order valence-electron chi connectivity index (χ2n) is 9.85. The molecule has 1 aliphatic rings. The van der Waals surface area contributed by atoms with Gasteiger partial charge in [-0.2, -0.15) is 13.2 Å². The average molecular weight is 530 g/mol. The summed E-state index contributed by atoms with van der Waals surface area (Å²) in [6, 6.07) is 2.30. The molecule has 206 valence electrons. The number of carbonyl (C=O) groups is 4. The van der Waals surface area contributed by atoms with Crippen molar-refractivity contribution in [1.29, 1.82) is 0 Å². The van der Waals surface area contributed by atoms with Crippen molar-refractivity contribution in [1.82, 2.24) is 10.2 Å². The first-order valence-electron chi connectivity index (χ1n) is 12.0. The fourth-order valence-electron chi connectivity index (χ4n) is 4.36. The van der Waals surface area contributed by atoms with Gasteiger partial charge in [-0.05, 0) is 36.8 Å². The fourth-order valence-corrected chi connectivity index (χ4v) is 4.36. The van der Waals surface area contributed by atoms with Crippen LogP contribution in [0.15, 0.2) is 24.3 Å². The van der Waals surface area contributed by atoms with Crippen molar-refractivity contribution in [2.75, 3.05) is 13.7 Å². The Labute approximate surface area is 213 Å². The number of nitrogens with two attached hydrogens (primary N) is 1. The predicted octanol–water partition coefficient (Wildman–Crippen LogP) is 2.06. The highest BCUT2D eigenvalue weighted by molar-refractivity contribution is 6.20. The molecular formula is C25H34F3N3O6. The van der Waals surface area contributed by atoms with Gasteiger partial charge in [0.15, 0.2) is 17.4 Å². The maximum Gasteiger partial charge on any atom is 0.416 e. The van der Waals surface area contributed by atoms with E-state index in [-0.39, 0.29) is 36.4 Å². The highest BCUT2D eigenvalue weighted by atomic mass is 19.4. The molecule has 1 aliphatic heterocycles. The van der Waals surface area contributed by atoms with Crippen molar-refractivity contribution in [3.8, 4) is 0 Å². The van der Waals surface area contributed by atoms with Crippen molar-refractivity contribution in [2.45, 2.75) is 70.4 Å². The number of methoxy groups -OCH3 is 1. The Morgan fingerprint density at radius 3 is 2.05 bits per heavy atom. The fraction of sp³-hybridized carbons (Fsp3) is 0.600. The zero-order valence-electron chi connectivity index (χ0n) is 21.5. The third-order valence-corrected chi connectivity index (χ3v) is 6.66. The molecule has 4 N–H and O–H groups in total. The Balaban J connectivity index is 2.60. The summed E-state index contributed by atoms with van der Waals surface area (Å²) in [5, 5.41) is 12.1. The lowest BCUT2D eigenvalue weighted by Crippen LogP contribution is -2.67. The number of amides is 2. The van der Waals surface area contributed by atoms with Gasteiger partial charge in [-0.25, -0.2) is 4.79 Å². The number of nitrogens with zero attached hydrogens (tertiary/aromatic N) is 1. The zero-order chi connectivity index (χ0) is 28.3. The molecule has 0 spiro atoms. The van der Waals surface area contributed by atoms with Crippen LogP contribution in [0.5, 0.6) is 0 Å². The van der Waals surface area contributed by atoms with E-state index in [1.54, 1.807) is 13.8 Å². The minimum absolute atomic E-state index is 0.0210. The van der Waals surface area contributed by atoms with Crippen LogP contribution in [0, 0.1) is 11.8 Å². The summed E-state index contributed by atoms with van der Waals surface area (Å²) in [5.41, 5.74) is 3.94. The van der Waals surface area contributed by atoms with E-state index in [1.807, 2.05) is 0 Å². The predicted molar refractivity (Wildman–Crippen MR) is 127 cm³/mol. The number of carbonyl (C=O) groups excluding carboxylic acids is 4. The minimum Gasteiger partial charge on any atom is -0.465 e. The Morgan fingerprint density at radius 2 is 1.59 bits per heavy atom. The van der Waals surface area contributed by atoms with Crippen LogP contribution in [0.3, 0.4) is 0 Å². The van der Waals surface area contributed by atoms with E-state index in [2.05, 4.69) is 10.1 Å². The number of ether oxygens (including phenoxy) is 1. The number of hydrogen-bond acceptors (Lipinski definition) is 7. The lowest BCUT2D eigenvalue weighted by molar-refractivity contribution is -0.215. The molecule has 1 aromatic rings. The van der Waals surface area contributed by atoms with Gasteiger partial charge >= 0.3 is 12.1 Å². The first-order chi connectivity index (χ1) is 17.1. The van der Waals surface area contributed by atoms with Gasteiger partial charge in [-0.3, -0.25) is 14.4 Å². The lowest BCUT2D eigenvalue weighted by Gasteiger charge is -2.39. The Bertz CT molecular complexity index is 1010. The maximum atomic E-state index is 13.9. The molecule has 1 saturated heterocycles. The molecule has 0 saturated carbocycles. The van der Waals surface area contributed by atoms with E-state index in [0.717, 1.165) is 4.90 Å². The maximum absolute atomic E-state index is 13.9. The molecular weight excluding hydrogens is 495 g/mol. The van der Waals surface area contributed by atoms with Crippen LogP contribution in [0.1, 0.15) is 61.3 Å². The van der Waals surface area contributed by atoms with E-state index in [4.69, 9.17) is 5.73 Å². The number of ketones is 1. The van der Waals surface area contributed by atoms with Crippen LogP contribution in [-0.2, 0) is 14.3 Å². The van der Waals surface area contributed by atoms with Crippen molar-refractivity contribution >= 4 is 23.6 Å². The molecule has 1 fully saturated rings. The molecule has 1 heterocycles. The summed E-state index contributed by atoms with van der Waals surface area (Å²) in [6.07, 6.45) is -7.88. The first-order valence-corrected chi connectivity index (χ1v) is 12.0. The van der Waals surface area contributed by atoms with Gasteiger partial charge in [-0.1, -0.05) is 39.8 Å². The van der Waals surface area contributed by atoms with Crippen LogP contribution in [-0.4, -0.2) is 77.1 Å². The molecule has 2 unspecified atom stereocenters. The van der Waals surface area contributed by atoms with E-state index in [9.17, 15) is 37.5 Å². The van der Waals surface area contributed by atoms with Crippen LogP contribution in [0.2, 0.25) is 0 Å². The second kappa shape index (κ2) is 11.6. The van der Waals surface area contributed by atoms with Crippen molar-refractivity contribution in [3.05, 3.63) is 35.4 Å². The topological polar surface area (TPSA) is 139 Å². The number of esters is 1. The number of Topliss-reactive ketones (excluding diaryl/α,β-unsaturated/α-hetero) is 1. The van der Waals surface area contributed by atoms with Crippen LogP contribution in [0.4, 0.5) is 13.2 Å². The number of alkyl halides is 3. The normalized spacial score (nSPS) is 20.5. The number of nitrogens with one attached hydrogen (secondary N) is 1. The van der Waals surface area contributed by atoms with Crippen LogP contribution in [0.25, 0.3) is 0 Å². The Kier molecular flexibility index (Phi) is 9.48. The number of likely N-dealkylation sites (tertiary alicyclic amines) is 1. The summed E-state index contributed by atoms with van der Waals surface area (Å²) in [4.78, 5) is 53.8. The summed E-state index contributed by atoms with van der Waals surface area (Å²) in [6.45, 7) is 6.11. The number of rotatable bonds is 9. The molecule has 0 bridgehead atoms. The zero-order valence-corrected chi connectivity index (χ0v) is 21.5. The first kappa shape index (κ1) is 30.2. The number of hydrogen-bond donors (Lipinski definition) is 3. The summed E-state index contributed by atoms with van der Waals surface area (Å²) in [5.74, 6) is -4.55. The van der Waals surface area contributed by atoms with E-state index in [0.29, 0.717) is 0 Å². The second-order valence-corrected chi connectivity index (χ2v) is 9.85. The van der Waals surface area contributed by atoms with E-state index >= 15 is 0 Å². The highest BCUT2D eigenvalue weighted by Gasteiger charge is 2.57. The number of benzene rings is 1. The SMILES string of the molecule is COC(=O)c1ccc(C(=O)[C@@]2(C(=O)NC(C(C)C)C(O)C(F)(F)F)CCCN2C(=O)[C@@H](N)C(C)C)cc1. The molecule has 1 aromatic carbocycles. The molecule has 0 aliphatic carbocycles. The van der Waals surface area contributed by atoms with Gasteiger partial charge in [0.05, 0.1) is 24.8 Å². The molecule has 2 rings (SSSR count). The van der Waals surface area contributed by atoms with E-state index < -0.39 is 59.4 Å². The Morgan fingerprint density at radius 1 is 1.05 bits per heavy atom. The van der Waals surface area contributed by atoms with Crippen molar-refractivity contribution in [2.24, 2.45) is 17.6 Å². The largest absolute Gasteiger partial charge is 0.465 e. The van der Waals surface area contributed by atoms with Gasteiger partial charge < -0.3 is 25.8 Å². The third kappa shape index (κ3) is 6.12. The summed E-state index contributed by atoms with van der Waals surface area (Å²) >= 11 is 0. The molecule has 4 atom stereocenters. The minimum atomic E-state index is -5.03. The van der Waals surface area contributed by atoms with Gasteiger partial charge in [0.2, 0.25) is 5.91 Å². The van der Waals surface area contributed by atoms with Crippen LogP contribution < -0.4 is 11.1 Å². The highest BCUT2D eigenvalue weighted by Crippen LogP contribution is 2.35. The average Bonchev–Trinajstić information content (AvgIpc) is 3.30. The smallest absolute Gasteiger partial charge is 0.416 e. The number of aliphatic hydroxyl groups is 1. The summed E-state index contributed by atoms with van der Waals surface area (Å²) < 4.78 is 44.7. The number of halogens is 3. The molecule has 9 nitrogen and oxygen atoms in total. The Hall–Kier alpha value is -2.99. The monoisotopic (exact) mass is 529 g/mol. The van der Waals surface area contributed by atoms with E-state index in [1.165, 1.54) is 45.2 Å². The van der Waals surface area contributed by atoms with Gasteiger partial charge in [0, 0.05) is 12.1 Å². The molecule has 2 amide bonds. The third-order valence-electron chi connectivity index (χ3n) is 6.66. The van der Waals surface area contributed by atoms with Crippen LogP contribution >= 0.6 is 0 Å².